The molecule has 3 rings (SSSR count). The first kappa shape index (κ1) is 11.1. The Bertz CT molecular complexity index is 395. The fraction of sp³-hybridized carbons (Fsp3) is 0.538. The molecule has 2 aliphatic rings. The highest BCUT2D eigenvalue weighted by molar-refractivity contribution is 5.22. The monoisotopic (exact) mass is 236 g/mol. The van der Waals surface area contributed by atoms with Crippen molar-refractivity contribution < 1.29 is 9.50 Å². The molecule has 17 heavy (non-hydrogen) atoms. The van der Waals surface area contributed by atoms with Crippen molar-refractivity contribution in [3.05, 3.63) is 35.6 Å². The molecule has 0 amide bonds. The van der Waals surface area contributed by atoms with Gasteiger partial charge in [0.25, 0.3) is 0 Å². The van der Waals surface area contributed by atoms with Crippen LogP contribution < -0.4 is 10.9 Å². The molecule has 4 unspecified atom stereocenters. The fourth-order valence-electron chi connectivity index (χ4n) is 3.07. The van der Waals surface area contributed by atoms with Gasteiger partial charge in [-0.05, 0) is 36.5 Å². The van der Waals surface area contributed by atoms with Gasteiger partial charge in [0, 0.05) is 18.5 Å². The summed E-state index contributed by atoms with van der Waals surface area (Å²) in [5, 5.41) is 10.1. The Morgan fingerprint density at radius 3 is 2.71 bits per heavy atom. The molecule has 0 spiro atoms. The molecule has 0 bridgehead atoms. The van der Waals surface area contributed by atoms with Crippen LogP contribution in [0.25, 0.3) is 0 Å². The molecule has 2 fully saturated rings. The fourth-order valence-corrected chi connectivity index (χ4v) is 3.07. The van der Waals surface area contributed by atoms with E-state index in [-0.39, 0.29) is 11.9 Å². The maximum Gasteiger partial charge on any atom is 0.123 e. The van der Waals surface area contributed by atoms with Crippen LogP contribution in [0.2, 0.25) is 0 Å². The minimum atomic E-state index is -0.272. The minimum Gasteiger partial charge on any atom is -0.393 e. The van der Waals surface area contributed by atoms with E-state index in [0.29, 0.717) is 17.9 Å². The van der Waals surface area contributed by atoms with Crippen molar-refractivity contribution in [3.8, 4) is 0 Å². The third kappa shape index (κ3) is 2.08. The highest BCUT2D eigenvalue weighted by atomic mass is 19.1. The van der Waals surface area contributed by atoms with E-state index < -0.39 is 0 Å². The first-order valence-electron chi connectivity index (χ1n) is 6.16. The van der Waals surface area contributed by atoms with Crippen LogP contribution in [0.4, 0.5) is 4.39 Å². The number of halogens is 1. The van der Waals surface area contributed by atoms with E-state index in [2.05, 4.69) is 10.9 Å². The number of hydrogen-bond donors (Lipinski definition) is 3. The van der Waals surface area contributed by atoms with Gasteiger partial charge < -0.3 is 5.11 Å². The molecule has 1 aromatic carbocycles. The summed E-state index contributed by atoms with van der Waals surface area (Å²) in [6.07, 6.45) is 1.50. The van der Waals surface area contributed by atoms with Crippen LogP contribution in [-0.2, 0) is 0 Å². The number of aliphatic hydroxyl groups excluding tert-OH is 1. The second-order valence-electron chi connectivity index (χ2n) is 5.08. The summed E-state index contributed by atoms with van der Waals surface area (Å²) < 4.78 is 12.9. The van der Waals surface area contributed by atoms with Gasteiger partial charge in [0.1, 0.15) is 5.82 Å². The highest BCUT2D eigenvalue weighted by Crippen LogP contribution is 2.37. The van der Waals surface area contributed by atoms with Crippen molar-refractivity contribution in [2.75, 3.05) is 6.54 Å². The van der Waals surface area contributed by atoms with Gasteiger partial charge in [-0.15, -0.1) is 0 Å². The van der Waals surface area contributed by atoms with E-state index >= 15 is 0 Å². The van der Waals surface area contributed by atoms with E-state index in [1.165, 1.54) is 12.1 Å². The molecule has 4 heteroatoms. The lowest BCUT2D eigenvalue weighted by Gasteiger charge is -2.35. The summed E-state index contributed by atoms with van der Waals surface area (Å²) in [6.45, 7) is 0.835. The summed E-state index contributed by atoms with van der Waals surface area (Å²) in [7, 11) is 0. The predicted molar refractivity (Wildman–Crippen MR) is 62.8 cm³/mol. The Morgan fingerprint density at radius 1 is 1.18 bits per heavy atom. The number of aliphatic hydroxyl groups is 1. The average molecular weight is 236 g/mol. The SMILES string of the molecule is OC1CC(c2ccc(F)cc2)CC2NNCC12. The number of hydrogen-bond acceptors (Lipinski definition) is 3. The summed E-state index contributed by atoms with van der Waals surface area (Å²) in [5.74, 6) is 0.426. The van der Waals surface area contributed by atoms with E-state index in [1.807, 2.05) is 12.1 Å². The van der Waals surface area contributed by atoms with Crippen LogP contribution in [0.5, 0.6) is 0 Å². The normalized spacial score (nSPS) is 36.8. The van der Waals surface area contributed by atoms with Crippen LogP contribution in [0.15, 0.2) is 24.3 Å². The third-order valence-electron chi connectivity index (χ3n) is 4.04. The summed E-state index contributed by atoms with van der Waals surface area (Å²) in [6, 6.07) is 6.97. The van der Waals surface area contributed by atoms with Crippen LogP contribution in [0, 0.1) is 11.7 Å². The van der Waals surface area contributed by atoms with Crippen molar-refractivity contribution in [3.63, 3.8) is 0 Å². The first-order chi connectivity index (χ1) is 8.24. The van der Waals surface area contributed by atoms with Gasteiger partial charge in [-0.1, -0.05) is 12.1 Å². The topological polar surface area (TPSA) is 44.3 Å². The standard InChI is InChI=1S/C13H17FN2O/c14-10-3-1-8(2-4-10)9-5-12-11(7-15-16-12)13(17)6-9/h1-4,9,11-13,15-17H,5-7H2. The molecular formula is C13H17FN2O. The number of benzene rings is 1. The van der Waals surface area contributed by atoms with Crippen molar-refractivity contribution in [2.24, 2.45) is 5.92 Å². The average Bonchev–Trinajstić information content (AvgIpc) is 2.78. The van der Waals surface area contributed by atoms with Crippen molar-refractivity contribution in [1.82, 2.24) is 10.9 Å². The Balaban J connectivity index is 1.78. The smallest absolute Gasteiger partial charge is 0.123 e. The molecule has 1 aliphatic carbocycles. The highest BCUT2D eigenvalue weighted by Gasteiger charge is 2.40. The molecule has 0 aromatic heterocycles. The molecule has 1 saturated heterocycles. The number of rotatable bonds is 1. The summed E-state index contributed by atoms with van der Waals surface area (Å²) >= 11 is 0. The molecule has 4 atom stereocenters. The molecule has 92 valence electrons. The van der Waals surface area contributed by atoms with Gasteiger partial charge in [0.2, 0.25) is 0 Å². The zero-order chi connectivity index (χ0) is 11.8. The van der Waals surface area contributed by atoms with E-state index in [4.69, 9.17) is 0 Å². The lowest BCUT2D eigenvalue weighted by molar-refractivity contribution is 0.0608. The molecule has 1 saturated carbocycles. The van der Waals surface area contributed by atoms with Crippen molar-refractivity contribution in [2.45, 2.75) is 30.9 Å². The predicted octanol–water partition coefficient (Wildman–Crippen LogP) is 1.16. The Hall–Kier alpha value is -0.970. The van der Waals surface area contributed by atoms with Crippen LogP contribution in [-0.4, -0.2) is 23.8 Å². The van der Waals surface area contributed by atoms with Crippen LogP contribution in [0.1, 0.15) is 24.3 Å². The molecule has 1 heterocycles. The Kier molecular flexibility index (Phi) is 2.86. The zero-order valence-electron chi connectivity index (χ0n) is 9.57. The molecule has 1 aliphatic heterocycles. The Morgan fingerprint density at radius 2 is 1.94 bits per heavy atom. The van der Waals surface area contributed by atoms with E-state index in [9.17, 15) is 9.50 Å². The second-order valence-corrected chi connectivity index (χ2v) is 5.08. The molecular weight excluding hydrogens is 219 g/mol. The minimum absolute atomic E-state index is 0.205. The second kappa shape index (κ2) is 4.37. The Labute approximate surface area is 100 Å². The maximum atomic E-state index is 12.9. The van der Waals surface area contributed by atoms with Gasteiger partial charge in [-0.3, -0.25) is 10.9 Å². The van der Waals surface area contributed by atoms with Crippen LogP contribution >= 0.6 is 0 Å². The third-order valence-corrected chi connectivity index (χ3v) is 4.04. The molecule has 0 radical (unpaired) electrons. The summed E-state index contributed by atoms with van der Waals surface area (Å²) in [5.41, 5.74) is 7.44. The summed E-state index contributed by atoms with van der Waals surface area (Å²) in [4.78, 5) is 0. The first-order valence-corrected chi connectivity index (χ1v) is 6.16. The molecule has 1 aromatic rings. The van der Waals surface area contributed by atoms with Gasteiger partial charge in [0.15, 0.2) is 0 Å². The largest absolute Gasteiger partial charge is 0.393 e. The zero-order valence-corrected chi connectivity index (χ0v) is 9.57. The van der Waals surface area contributed by atoms with Crippen molar-refractivity contribution >= 4 is 0 Å². The molecule has 3 nitrogen and oxygen atoms in total. The number of fused-ring (bicyclic) bond motifs is 1. The van der Waals surface area contributed by atoms with E-state index in [1.54, 1.807) is 0 Å². The quantitative estimate of drug-likeness (QED) is 0.685. The van der Waals surface area contributed by atoms with Gasteiger partial charge >= 0.3 is 0 Å². The van der Waals surface area contributed by atoms with E-state index in [0.717, 1.165) is 24.9 Å². The van der Waals surface area contributed by atoms with Gasteiger partial charge in [-0.25, -0.2) is 4.39 Å². The lowest BCUT2D eigenvalue weighted by Crippen LogP contribution is -2.42. The van der Waals surface area contributed by atoms with Crippen LogP contribution in [0.3, 0.4) is 0 Å². The van der Waals surface area contributed by atoms with Gasteiger partial charge in [-0.2, -0.15) is 0 Å². The van der Waals surface area contributed by atoms with Gasteiger partial charge in [0.05, 0.1) is 6.10 Å². The number of hydrazine groups is 1. The number of nitrogens with one attached hydrogen (secondary N) is 2. The van der Waals surface area contributed by atoms with Crippen molar-refractivity contribution in [1.29, 1.82) is 0 Å². The maximum absolute atomic E-state index is 12.9. The lowest BCUT2D eigenvalue weighted by atomic mass is 9.74. The molecule has 3 N–H and O–H groups in total.